The first kappa shape index (κ1) is 14.0. The van der Waals surface area contributed by atoms with E-state index >= 15 is 0 Å². The van der Waals surface area contributed by atoms with E-state index < -0.39 is 0 Å². The van der Waals surface area contributed by atoms with Crippen molar-refractivity contribution in [3.8, 4) is 0 Å². The lowest BCUT2D eigenvalue weighted by Gasteiger charge is -2.18. The third kappa shape index (κ3) is 3.79. The Kier molecular flexibility index (Phi) is 4.94. The summed E-state index contributed by atoms with van der Waals surface area (Å²) >= 11 is 5.92. The number of nitrogens with zero attached hydrogens (tertiary/aromatic N) is 1. The van der Waals surface area contributed by atoms with Gasteiger partial charge in [-0.05, 0) is 48.2 Å². The zero-order chi connectivity index (χ0) is 13.7. The molecule has 3 heteroatoms. The molecule has 0 saturated carbocycles. The third-order valence-electron chi connectivity index (χ3n) is 3.37. The van der Waals surface area contributed by atoms with E-state index in [0.29, 0.717) is 6.04 Å². The van der Waals surface area contributed by atoms with Gasteiger partial charge in [0.05, 0.1) is 0 Å². The minimum atomic E-state index is 0.344. The average Bonchev–Trinajstić information content (AvgIpc) is 2.43. The van der Waals surface area contributed by atoms with Crippen molar-refractivity contribution in [1.29, 1.82) is 0 Å². The Morgan fingerprint density at radius 3 is 2.58 bits per heavy atom. The van der Waals surface area contributed by atoms with Crippen molar-refractivity contribution in [2.75, 3.05) is 0 Å². The minimum Gasteiger partial charge on any atom is -0.306 e. The van der Waals surface area contributed by atoms with Gasteiger partial charge in [-0.3, -0.25) is 4.98 Å². The van der Waals surface area contributed by atoms with E-state index in [9.17, 15) is 0 Å². The van der Waals surface area contributed by atoms with Crippen LogP contribution in [0.4, 0.5) is 0 Å². The molecular formula is C16H19ClN2. The van der Waals surface area contributed by atoms with Crippen molar-refractivity contribution in [2.45, 2.75) is 32.9 Å². The molecule has 1 aromatic heterocycles. The smallest absolute Gasteiger partial charge is 0.0406 e. The first-order valence-electron chi connectivity index (χ1n) is 6.59. The van der Waals surface area contributed by atoms with Crippen LogP contribution in [0.3, 0.4) is 0 Å². The highest BCUT2D eigenvalue weighted by Gasteiger charge is 2.09. The van der Waals surface area contributed by atoms with E-state index in [0.717, 1.165) is 18.0 Å². The molecule has 1 atom stereocenters. The summed E-state index contributed by atoms with van der Waals surface area (Å²) in [5, 5.41) is 4.36. The number of pyridine rings is 1. The van der Waals surface area contributed by atoms with Crippen LogP contribution in [-0.4, -0.2) is 4.98 Å². The Balaban J connectivity index is 2.04. The zero-order valence-corrected chi connectivity index (χ0v) is 12.1. The first-order chi connectivity index (χ1) is 9.20. The van der Waals surface area contributed by atoms with E-state index in [1.54, 1.807) is 0 Å². The summed E-state index contributed by atoms with van der Waals surface area (Å²) in [5.41, 5.74) is 3.79. The third-order valence-corrected chi connectivity index (χ3v) is 3.62. The van der Waals surface area contributed by atoms with Crippen LogP contribution in [0.1, 0.15) is 36.1 Å². The number of rotatable bonds is 5. The van der Waals surface area contributed by atoms with Crippen LogP contribution >= 0.6 is 11.6 Å². The molecule has 0 aliphatic carbocycles. The summed E-state index contributed by atoms with van der Waals surface area (Å²) in [4.78, 5) is 4.18. The Hall–Kier alpha value is -1.38. The van der Waals surface area contributed by atoms with E-state index in [1.165, 1.54) is 16.7 Å². The molecule has 0 fully saturated rings. The molecule has 0 bridgehead atoms. The van der Waals surface area contributed by atoms with Crippen LogP contribution in [-0.2, 0) is 6.54 Å². The first-order valence-corrected chi connectivity index (χ1v) is 6.97. The maximum absolute atomic E-state index is 5.92. The van der Waals surface area contributed by atoms with Crippen LogP contribution in [0.15, 0.2) is 42.7 Å². The predicted octanol–water partition coefficient (Wildman–Crippen LogP) is 4.28. The van der Waals surface area contributed by atoms with E-state index in [-0.39, 0.29) is 0 Å². The van der Waals surface area contributed by atoms with Crippen molar-refractivity contribution >= 4 is 11.6 Å². The maximum Gasteiger partial charge on any atom is 0.0406 e. The number of nitrogens with one attached hydrogen (secondary N) is 1. The summed E-state index contributed by atoms with van der Waals surface area (Å²) in [6.45, 7) is 5.13. The second-order valence-corrected chi connectivity index (χ2v) is 5.13. The van der Waals surface area contributed by atoms with Gasteiger partial charge in [0.1, 0.15) is 0 Å². The lowest BCUT2D eigenvalue weighted by Crippen LogP contribution is -2.20. The molecule has 2 aromatic rings. The number of benzene rings is 1. The van der Waals surface area contributed by atoms with Crippen LogP contribution < -0.4 is 5.32 Å². The SMILES string of the molecule is CCC(NCc1cnccc1C)c1ccc(Cl)cc1. The van der Waals surface area contributed by atoms with E-state index in [4.69, 9.17) is 11.6 Å². The fourth-order valence-electron chi connectivity index (χ4n) is 2.11. The van der Waals surface area contributed by atoms with Gasteiger partial charge >= 0.3 is 0 Å². The molecule has 1 heterocycles. The maximum atomic E-state index is 5.92. The normalized spacial score (nSPS) is 12.4. The van der Waals surface area contributed by atoms with Crippen LogP contribution in [0.25, 0.3) is 0 Å². The highest BCUT2D eigenvalue weighted by atomic mass is 35.5. The Morgan fingerprint density at radius 1 is 1.21 bits per heavy atom. The zero-order valence-electron chi connectivity index (χ0n) is 11.4. The lowest BCUT2D eigenvalue weighted by molar-refractivity contribution is 0.517. The van der Waals surface area contributed by atoms with Crippen molar-refractivity contribution in [3.63, 3.8) is 0 Å². The Bertz CT molecular complexity index is 523. The molecule has 19 heavy (non-hydrogen) atoms. The number of hydrogen-bond donors (Lipinski definition) is 1. The van der Waals surface area contributed by atoms with Gasteiger partial charge in [0, 0.05) is 30.0 Å². The summed E-state index contributed by atoms with van der Waals surface area (Å²) < 4.78 is 0. The largest absolute Gasteiger partial charge is 0.306 e. The summed E-state index contributed by atoms with van der Waals surface area (Å²) in [6, 6.07) is 10.4. The lowest BCUT2D eigenvalue weighted by atomic mass is 10.0. The number of aryl methyl sites for hydroxylation is 1. The van der Waals surface area contributed by atoms with Gasteiger partial charge in [-0.2, -0.15) is 0 Å². The molecule has 0 aliphatic heterocycles. The van der Waals surface area contributed by atoms with Crippen LogP contribution in [0.2, 0.25) is 5.02 Å². The molecule has 0 spiro atoms. The van der Waals surface area contributed by atoms with Gasteiger partial charge < -0.3 is 5.32 Å². The fourth-order valence-corrected chi connectivity index (χ4v) is 2.23. The molecule has 0 aliphatic rings. The second kappa shape index (κ2) is 6.69. The van der Waals surface area contributed by atoms with Crippen molar-refractivity contribution in [1.82, 2.24) is 10.3 Å². The van der Waals surface area contributed by atoms with Crippen molar-refractivity contribution in [2.24, 2.45) is 0 Å². The summed E-state index contributed by atoms with van der Waals surface area (Å²) in [5.74, 6) is 0. The molecule has 1 aromatic carbocycles. The highest BCUT2D eigenvalue weighted by Crippen LogP contribution is 2.20. The van der Waals surface area contributed by atoms with E-state index in [2.05, 4.69) is 36.3 Å². The molecule has 2 rings (SSSR count). The van der Waals surface area contributed by atoms with Gasteiger partial charge in [-0.15, -0.1) is 0 Å². The molecular weight excluding hydrogens is 256 g/mol. The highest BCUT2D eigenvalue weighted by molar-refractivity contribution is 6.30. The molecule has 0 radical (unpaired) electrons. The number of aromatic nitrogens is 1. The molecule has 1 unspecified atom stereocenters. The summed E-state index contributed by atoms with van der Waals surface area (Å²) in [6.07, 6.45) is 4.80. The fraction of sp³-hybridized carbons (Fsp3) is 0.312. The molecule has 0 saturated heterocycles. The number of hydrogen-bond acceptors (Lipinski definition) is 2. The van der Waals surface area contributed by atoms with Gasteiger partial charge in [-0.25, -0.2) is 0 Å². The average molecular weight is 275 g/mol. The van der Waals surface area contributed by atoms with Gasteiger partial charge in [0.25, 0.3) is 0 Å². The molecule has 2 nitrogen and oxygen atoms in total. The standard InChI is InChI=1S/C16H19ClN2/c1-3-16(13-4-6-15(17)7-5-13)19-11-14-10-18-9-8-12(14)2/h4-10,16,19H,3,11H2,1-2H3. The van der Waals surface area contributed by atoms with Crippen LogP contribution in [0.5, 0.6) is 0 Å². The topological polar surface area (TPSA) is 24.9 Å². The minimum absolute atomic E-state index is 0.344. The quantitative estimate of drug-likeness (QED) is 0.880. The van der Waals surface area contributed by atoms with Crippen molar-refractivity contribution in [3.05, 3.63) is 64.4 Å². The Morgan fingerprint density at radius 2 is 1.95 bits per heavy atom. The molecule has 0 amide bonds. The second-order valence-electron chi connectivity index (χ2n) is 4.70. The van der Waals surface area contributed by atoms with Crippen LogP contribution in [0, 0.1) is 6.92 Å². The predicted molar refractivity (Wildman–Crippen MR) is 80.3 cm³/mol. The monoisotopic (exact) mass is 274 g/mol. The van der Waals surface area contributed by atoms with Gasteiger partial charge in [0.2, 0.25) is 0 Å². The van der Waals surface area contributed by atoms with Gasteiger partial charge in [0.15, 0.2) is 0 Å². The molecule has 100 valence electrons. The van der Waals surface area contributed by atoms with Crippen molar-refractivity contribution < 1.29 is 0 Å². The van der Waals surface area contributed by atoms with Gasteiger partial charge in [-0.1, -0.05) is 30.7 Å². The Labute approximate surface area is 119 Å². The summed E-state index contributed by atoms with van der Waals surface area (Å²) in [7, 11) is 0. The molecule has 1 N–H and O–H groups in total. The number of halogens is 1. The van der Waals surface area contributed by atoms with E-state index in [1.807, 2.05) is 30.6 Å².